The molecule has 0 aliphatic carbocycles. The third-order valence-corrected chi connectivity index (χ3v) is 3.44. The van der Waals surface area contributed by atoms with Gasteiger partial charge in [-0.2, -0.15) is 5.26 Å². The number of phenolic OH excluding ortho intramolecular Hbond substituents is 2. The predicted octanol–water partition coefficient (Wildman–Crippen LogP) is 3.70. The van der Waals surface area contributed by atoms with Crippen LogP contribution in [0.15, 0.2) is 54.1 Å². The number of aromatic hydroxyl groups is 2. The molecule has 122 valence electrons. The number of hydrogen-bond acceptors (Lipinski definition) is 5. The molecule has 0 aromatic heterocycles. The summed E-state index contributed by atoms with van der Waals surface area (Å²) in [5, 5.41) is 28.0. The summed E-state index contributed by atoms with van der Waals surface area (Å²) in [5.41, 5.74) is 1.08. The molecule has 2 rings (SSSR count). The van der Waals surface area contributed by atoms with Crippen molar-refractivity contribution in [2.45, 2.75) is 19.4 Å². The van der Waals surface area contributed by atoms with Gasteiger partial charge in [-0.3, -0.25) is 0 Å². The van der Waals surface area contributed by atoms with E-state index in [4.69, 9.17) is 4.74 Å². The Morgan fingerprint density at radius 1 is 1.21 bits per heavy atom. The van der Waals surface area contributed by atoms with E-state index in [9.17, 15) is 20.3 Å². The highest BCUT2D eigenvalue weighted by molar-refractivity contribution is 5.98. The van der Waals surface area contributed by atoms with Crippen molar-refractivity contribution in [2.24, 2.45) is 0 Å². The first-order chi connectivity index (χ1) is 11.5. The summed E-state index contributed by atoms with van der Waals surface area (Å²) in [4.78, 5) is 12.2. The van der Waals surface area contributed by atoms with Crippen LogP contribution in [0, 0.1) is 11.3 Å². The van der Waals surface area contributed by atoms with Gasteiger partial charge in [-0.05, 0) is 35.8 Å². The summed E-state index contributed by atoms with van der Waals surface area (Å²) in [6.07, 6.45) is 1.44. The second-order valence-corrected chi connectivity index (χ2v) is 5.13. The van der Waals surface area contributed by atoms with Crippen molar-refractivity contribution in [3.8, 4) is 17.6 Å². The van der Waals surface area contributed by atoms with Crippen LogP contribution < -0.4 is 0 Å². The first-order valence-corrected chi connectivity index (χ1v) is 7.44. The molecule has 0 radical (unpaired) electrons. The molecule has 2 aromatic carbocycles. The third kappa shape index (κ3) is 4.14. The van der Waals surface area contributed by atoms with Gasteiger partial charge < -0.3 is 14.9 Å². The Bertz CT molecular complexity index is 791. The zero-order valence-corrected chi connectivity index (χ0v) is 13.1. The molecule has 5 nitrogen and oxygen atoms in total. The second-order valence-electron chi connectivity index (χ2n) is 5.13. The normalized spacial score (nSPS) is 12.2. The van der Waals surface area contributed by atoms with E-state index in [1.165, 1.54) is 24.3 Å². The lowest BCUT2D eigenvalue weighted by molar-refractivity contribution is -0.144. The van der Waals surface area contributed by atoms with Crippen molar-refractivity contribution >= 4 is 12.0 Å². The molecule has 24 heavy (non-hydrogen) atoms. The summed E-state index contributed by atoms with van der Waals surface area (Å²) >= 11 is 0. The smallest absolute Gasteiger partial charge is 0.349 e. The third-order valence-electron chi connectivity index (χ3n) is 3.44. The quantitative estimate of drug-likeness (QED) is 0.379. The van der Waals surface area contributed by atoms with E-state index in [1.54, 1.807) is 0 Å². The molecule has 2 N–H and O–H groups in total. The first kappa shape index (κ1) is 17.1. The number of rotatable bonds is 5. The summed E-state index contributed by atoms with van der Waals surface area (Å²) in [6.45, 7) is 1.89. The van der Waals surface area contributed by atoms with Gasteiger partial charge in [0.25, 0.3) is 0 Å². The van der Waals surface area contributed by atoms with Crippen LogP contribution in [0.3, 0.4) is 0 Å². The largest absolute Gasteiger partial charge is 0.504 e. The SMILES string of the molecule is CCC(OC(=O)C(C#N)=Cc1ccc(O)c(O)c1)c1ccccc1. The average Bonchev–Trinajstić information content (AvgIpc) is 2.61. The van der Waals surface area contributed by atoms with Crippen molar-refractivity contribution in [1.82, 2.24) is 0 Å². The van der Waals surface area contributed by atoms with E-state index in [1.807, 2.05) is 43.3 Å². The minimum atomic E-state index is -0.735. The molecule has 1 atom stereocenters. The van der Waals surface area contributed by atoms with Crippen LogP contribution in [0.25, 0.3) is 6.08 Å². The van der Waals surface area contributed by atoms with E-state index in [0.717, 1.165) is 5.56 Å². The summed E-state index contributed by atoms with van der Waals surface area (Å²) in [7, 11) is 0. The standard InChI is InChI=1S/C19H17NO4/c1-2-18(14-6-4-3-5-7-14)24-19(23)15(12-20)10-13-8-9-16(21)17(22)11-13/h3-11,18,21-22H,2H2,1H3. The molecule has 0 heterocycles. The molecular formula is C19H17NO4. The van der Waals surface area contributed by atoms with E-state index in [2.05, 4.69) is 0 Å². The maximum Gasteiger partial charge on any atom is 0.349 e. The lowest BCUT2D eigenvalue weighted by atomic mass is 10.1. The van der Waals surface area contributed by atoms with Gasteiger partial charge in [-0.1, -0.05) is 43.3 Å². The molecule has 0 fully saturated rings. The Labute approximate surface area is 140 Å². The Kier molecular flexibility index (Phi) is 5.58. The number of benzene rings is 2. The van der Waals surface area contributed by atoms with Crippen LogP contribution in [0.5, 0.6) is 11.5 Å². The minimum Gasteiger partial charge on any atom is -0.504 e. The Morgan fingerprint density at radius 2 is 1.92 bits per heavy atom. The molecule has 0 saturated heterocycles. The number of hydrogen-bond donors (Lipinski definition) is 2. The predicted molar refractivity (Wildman–Crippen MR) is 88.9 cm³/mol. The topological polar surface area (TPSA) is 90.6 Å². The van der Waals surface area contributed by atoms with Crippen LogP contribution in [0.2, 0.25) is 0 Å². The average molecular weight is 323 g/mol. The van der Waals surface area contributed by atoms with Crippen LogP contribution >= 0.6 is 0 Å². The zero-order chi connectivity index (χ0) is 17.5. The minimum absolute atomic E-state index is 0.186. The Hall–Kier alpha value is -3.26. The van der Waals surface area contributed by atoms with Crippen molar-refractivity contribution < 1.29 is 19.7 Å². The second kappa shape index (κ2) is 7.84. The summed E-state index contributed by atoms with van der Waals surface area (Å²) in [5.74, 6) is -1.34. The fraction of sp³-hybridized carbons (Fsp3) is 0.158. The number of ether oxygens (including phenoxy) is 1. The lowest BCUT2D eigenvalue weighted by Gasteiger charge is -2.16. The van der Waals surface area contributed by atoms with Gasteiger partial charge >= 0.3 is 5.97 Å². The van der Waals surface area contributed by atoms with Gasteiger partial charge in [0.1, 0.15) is 17.7 Å². The van der Waals surface area contributed by atoms with Crippen molar-refractivity contribution in [2.75, 3.05) is 0 Å². The fourth-order valence-corrected chi connectivity index (χ4v) is 2.18. The maximum atomic E-state index is 12.2. The number of esters is 1. The molecule has 0 amide bonds. The van der Waals surface area contributed by atoms with Gasteiger partial charge in [0.2, 0.25) is 0 Å². The van der Waals surface area contributed by atoms with E-state index < -0.39 is 12.1 Å². The molecule has 5 heteroatoms. The number of nitriles is 1. The Balaban J connectivity index is 2.20. The maximum absolute atomic E-state index is 12.2. The molecule has 0 spiro atoms. The molecule has 0 aliphatic heterocycles. The van der Waals surface area contributed by atoms with E-state index in [-0.39, 0.29) is 17.1 Å². The highest BCUT2D eigenvalue weighted by atomic mass is 16.5. The zero-order valence-electron chi connectivity index (χ0n) is 13.1. The van der Waals surface area contributed by atoms with Crippen molar-refractivity contribution in [3.63, 3.8) is 0 Å². The molecule has 1 unspecified atom stereocenters. The number of carbonyl (C=O) groups excluding carboxylic acids is 1. The van der Waals surface area contributed by atoms with Gasteiger partial charge in [-0.15, -0.1) is 0 Å². The number of carbonyl (C=O) groups is 1. The number of phenols is 2. The summed E-state index contributed by atoms with van der Waals surface area (Å²) in [6, 6.07) is 15.1. The van der Waals surface area contributed by atoms with Gasteiger partial charge in [-0.25, -0.2) is 4.79 Å². The van der Waals surface area contributed by atoms with Gasteiger partial charge in [0.05, 0.1) is 0 Å². The molecule has 2 aromatic rings. The first-order valence-electron chi connectivity index (χ1n) is 7.44. The monoisotopic (exact) mass is 323 g/mol. The van der Waals surface area contributed by atoms with Crippen molar-refractivity contribution in [3.05, 3.63) is 65.2 Å². The molecule has 0 aliphatic rings. The highest BCUT2D eigenvalue weighted by Gasteiger charge is 2.18. The fourth-order valence-electron chi connectivity index (χ4n) is 2.18. The van der Waals surface area contributed by atoms with Gasteiger partial charge in [0.15, 0.2) is 11.5 Å². The van der Waals surface area contributed by atoms with E-state index in [0.29, 0.717) is 12.0 Å². The van der Waals surface area contributed by atoms with Crippen LogP contribution in [-0.4, -0.2) is 16.2 Å². The summed E-state index contributed by atoms with van der Waals surface area (Å²) < 4.78 is 5.42. The Morgan fingerprint density at radius 3 is 2.50 bits per heavy atom. The van der Waals surface area contributed by atoms with E-state index >= 15 is 0 Å². The highest BCUT2D eigenvalue weighted by Crippen LogP contribution is 2.27. The number of nitrogens with zero attached hydrogens (tertiary/aromatic N) is 1. The van der Waals surface area contributed by atoms with Gasteiger partial charge in [0, 0.05) is 0 Å². The van der Waals surface area contributed by atoms with Crippen LogP contribution in [-0.2, 0) is 9.53 Å². The molecule has 0 saturated carbocycles. The lowest BCUT2D eigenvalue weighted by Crippen LogP contribution is -2.12. The van der Waals surface area contributed by atoms with Crippen LogP contribution in [0.4, 0.5) is 0 Å². The molecular weight excluding hydrogens is 306 g/mol. The van der Waals surface area contributed by atoms with Crippen LogP contribution in [0.1, 0.15) is 30.6 Å². The van der Waals surface area contributed by atoms with Crippen molar-refractivity contribution in [1.29, 1.82) is 5.26 Å². The molecule has 0 bridgehead atoms.